The molecular weight excluding hydrogens is 242 g/mol. The van der Waals surface area contributed by atoms with Crippen LogP contribution in [-0.2, 0) is 13.1 Å². The molecule has 0 saturated carbocycles. The summed E-state index contributed by atoms with van der Waals surface area (Å²) in [7, 11) is 0. The number of nitrogens with one attached hydrogen (secondary N) is 1. The van der Waals surface area contributed by atoms with Gasteiger partial charge in [-0.15, -0.1) is 0 Å². The largest absolute Gasteiger partial charge is 0.454 e. The predicted octanol–water partition coefficient (Wildman–Crippen LogP) is 1.79. The van der Waals surface area contributed by atoms with Crippen LogP contribution in [0.1, 0.15) is 12.0 Å². The van der Waals surface area contributed by atoms with Crippen LogP contribution in [0, 0.1) is 0 Å². The Bertz CT molecular complexity index is 525. The first-order valence-electron chi connectivity index (χ1n) is 6.47. The van der Waals surface area contributed by atoms with Crippen molar-refractivity contribution in [3.63, 3.8) is 0 Å². The molecule has 5 nitrogen and oxygen atoms in total. The molecule has 1 aliphatic heterocycles. The van der Waals surface area contributed by atoms with E-state index in [0.717, 1.165) is 37.6 Å². The minimum absolute atomic E-state index is 0.330. The average Bonchev–Trinajstić information content (AvgIpc) is 3.08. The molecule has 0 amide bonds. The highest BCUT2D eigenvalue weighted by Gasteiger charge is 2.12. The number of benzene rings is 1. The molecule has 0 aliphatic carbocycles. The maximum atomic E-state index is 5.36. The van der Waals surface area contributed by atoms with Crippen molar-refractivity contribution in [3.8, 4) is 11.5 Å². The first-order valence-corrected chi connectivity index (χ1v) is 6.47. The minimum atomic E-state index is 0.330. The van der Waals surface area contributed by atoms with E-state index in [1.807, 2.05) is 24.7 Å². The Hall–Kier alpha value is -2.01. The van der Waals surface area contributed by atoms with Crippen LogP contribution in [0.2, 0.25) is 0 Å². The highest BCUT2D eigenvalue weighted by Crippen LogP contribution is 2.32. The topological polar surface area (TPSA) is 48.3 Å². The van der Waals surface area contributed by atoms with Crippen molar-refractivity contribution in [2.75, 3.05) is 13.3 Å². The van der Waals surface area contributed by atoms with Crippen molar-refractivity contribution < 1.29 is 9.47 Å². The van der Waals surface area contributed by atoms with Gasteiger partial charge in [-0.2, -0.15) is 0 Å². The normalized spacial score (nSPS) is 12.8. The van der Waals surface area contributed by atoms with Crippen LogP contribution in [0.5, 0.6) is 11.5 Å². The van der Waals surface area contributed by atoms with Gasteiger partial charge in [-0.05, 0) is 30.7 Å². The molecule has 1 aliphatic rings. The molecule has 0 radical (unpaired) electrons. The van der Waals surface area contributed by atoms with Crippen LogP contribution in [0.15, 0.2) is 36.9 Å². The molecule has 0 saturated heterocycles. The first kappa shape index (κ1) is 12.0. The summed E-state index contributed by atoms with van der Waals surface area (Å²) in [4.78, 5) is 4.02. The number of ether oxygens (including phenoxy) is 2. The molecule has 100 valence electrons. The van der Waals surface area contributed by atoms with E-state index in [2.05, 4.69) is 20.9 Å². The number of hydrogen-bond acceptors (Lipinski definition) is 4. The first-order chi connectivity index (χ1) is 9.42. The molecular formula is C14H17N3O2. The van der Waals surface area contributed by atoms with Crippen LogP contribution >= 0.6 is 0 Å². The fraction of sp³-hybridized carbons (Fsp3) is 0.357. The van der Waals surface area contributed by atoms with Crippen molar-refractivity contribution in [2.45, 2.75) is 19.5 Å². The zero-order valence-corrected chi connectivity index (χ0v) is 10.7. The average molecular weight is 259 g/mol. The summed E-state index contributed by atoms with van der Waals surface area (Å²) < 4.78 is 12.7. The lowest BCUT2D eigenvalue weighted by molar-refractivity contribution is 0.174. The van der Waals surface area contributed by atoms with Crippen molar-refractivity contribution >= 4 is 0 Å². The van der Waals surface area contributed by atoms with Crippen molar-refractivity contribution in [1.29, 1.82) is 0 Å². The third kappa shape index (κ3) is 3.06. The fourth-order valence-corrected chi connectivity index (χ4v) is 2.09. The number of aryl methyl sites for hydroxylation is 1. The standard InChI is InChI=1S/C14H17N3O2/c1(6-17-7-5-16-10-17)4-15-9-12-2-3-13-14(8-12)19-11-18-13/h2-3,5,7-8,10,15H,1,4,6,9,11H2. The lowest BCUT2D eigenvalue weighted by atomic mass is 10.2. The molecule has 1 N–H and O–H groups in total. The Labute approximate surface area is 112 Å². The number of nitrogens with zero attached hydrogens (tertiary/aromatic N) is 2. The Balaban J connectivity index is 1.40. The summed E-state index contributed by atoms with van der Waals surface area (Å²) >= 11 is 0. The van der Waals surface area contributed by atoms with E-state index in [1.54, 1.807) is 6.20 Å². The van der Waals surface area contributed by atoms with Crippen LogP contribution in [0.25, 0.3) is 0 Å². The zero-order valence-electron chi connectivity index (χ0n) is 10.7. The summed E-state index contributed by atoms with van der Waals surface area (Å²) in [6.07, 6.45) is 6.72. The molecule has 0 unspecified atom stereocenters. The van der Waals surface area contributed by atoms with Gasteiger partial charge < -0.3 is 19.4 Å². The highest BCUT2D eigenvalue weighted by atomic mass is 16.7. The molecule has 3 rings (SSSR count). The van der Waals surface area contributed by atoms with Gasteiger partial charge in [0.25, 0.3) is 0 Å². The van der Waals surface area contributed by atoms with Gasteiger partial charge in [0.05, 0.1) is 6.33 Å². The lowest BCUT2D eigenvalue weighted by Crippen LogP contribution is -2.16. The van der Waals surface area contributed by atoms with E-state index in [9.17, 15) is 0 Å². The Morgan fingerprint density at radius 2 is 2.21 bits per heavy atom. The third-order valence-corrected chi connectivity index (χ3v) is 3.10. The molecule has 0 fully saturated rings. The molecule has 5 heteroatoms. The van der Waals surface area contributed by atoms with Crippen molar-refractivity contribution in [2.24, 2.45) is 0 Å². The second kappa shape index (κ2) is 5.75. The van der Waals surface area contributed by atoms with Gasteiger partial charge in [0.15, 0.2) is 11.5 Å². The monoisotopic (exact) mass is 259 g/mol. The van der Waals surface area contributed by atoms with E-state index in [0.29, 0.717) is 6.79 Å². The molecule has 0 spiro atoms. The third-order valence-electron chi connectivity index (χ3n) is 3.10. The predicted molar refractivity (Wildman–Crippen MR) is 71.1 cm³/mol. The quantitative estimate of drug-likeness (QED) is 0.804. The number of fused-ring (bicyclic) bond motifs is 1. The van der Waals surface area contributed by atoms with Gasteiger partial charge in [0.1, 0.15) is 0 Å². The molecule has 0 bridgehead atoms. The zero-order chi connectivity index (χ0) is 12.9. The van der Waals surface area contributed by atoms with Gasteiger partial charge in [-0.3, -0.25) is 0 Å². The van der Waals surface area contributed by atoms with Crippen LogP contribution in [-0.4, -0.2) is 22.9 Å². The Morgan fingerprint density at radius 1 is 1.26 bits per heavy atom. The second-order valence-electron chi connectivity index (χ2n) is 4.52. The van der Waals surface area contributed by atoms with Gasteiger partial charge >= 0.3 is 0 Å². The van der Waals surface area contributed by atoms with Crippen molar-refractivity contribution in [1.82, 2.24) is 14.9 Å². The van der Waals surface area contributed by atoms with Gasteiger partial charge in [-0.1, -0.05) is 6.07 Å². The molecule has 2 heterocycles. The van der Waals surface area contributed by atoms with E-state index in [1.165, 1.54) is 5.56 Å². The Morgan fingerprint density at radius 3 is 3.11 bits per heavy atom. The molecule has 0 atom stereocenters. The highest BCUT2D eigenvalue weighted by molar-refractivity contribution is 5.44. The molecule has 1 aromatic carbocycles. The molecule has 2 aromatic rings. The summed E-state index contributed by atoms with van der Waals surface area (Å²) in [6.45, 7) is 3.15. The van der Waals surface area contributed by atoms with Gasteiger partial charge in [0, 0.05) is 25.5 Å². The summed E-state index contributed by atoms with van der Waals surface area (Å²) in [5, 5.41) is 3.43. The summed E-state index contributed by atoms with van der Waals surface area (Å²) in [5.41, 5.74) is 1.21. The van der Waals surface area contributed by atoms with E-state index >= 15 is 0 Å². The summed E-state index contributed by atoms with van der Waals surface area (Å²) in [5.74, 6) is 1.68. The van der Waals surface area contributed by atoms with Crippen molar-refractivity contribution in [3.05, 3.63) is 42.5 Å². The maximum Gasteiger partial charge on any atom is 0.231 e. The SMILES string of the molecule is c1cn(CCCNCc2ccc3c(c2)OCO3)cn1. The Kier molecular flexibility index (Phi) is 3.65. The number of hydrogen-bond donors (Lipinski definition) is 1. The van der Waals surface area contributed by atoms with E-state index in [4.69, 9.17) is 9.47 Å². The fourth-order valence-electron chi connectivity index (χ4n) is 2.09. The minimum Gasteiger partial charge on any atom is -0.454 e. The van der Waals surface area contributed by atoms with E-state index in [-0.39, 0.29) is 0 Å². The number of rotatable bonds is 6. The molecule has 19 heavy (non-hydrogen) atoms. The van der Waals surface area contributed by atoms with E-state index < -0.39 is 0 Å². The molecule has 1 aromatic heterocycles. The summed E-state index contributed by atoms with van der Waals surface area (Å²) in [6, 6.07) is 6.06. The second-order valence-corrected chi connectivity index (χ2v) is 4.52. The van der Waals surface area contributed by atoms with Gasteiger partial charge in [0.2, 0.25) is 6.79 Å². The van der Waals surface area contributed by atoms with Crippen LogP contribution in [0.3, 0.4) is 0 Å². The van der Waals surface area contributed by atoms with Crippen LogP contribution < -0.4 is 14.8 Å². The lowest BCUT2D eigenvalue weighted by Gasteiger charge is -2.06. The number of imidazole rings is 1. The number of aromatic nitrogens is 2. The smallest absolute Gasteiger partial charge is 0.231 e. The van der Waals surface area contributed by atoms with Gasteiger partial charge in [-0.25, -0.2) is 4.98 Å². The maximum absolute atomic E-state index is 5.36. The van der Waals surface area contributed by atoms with Crippen LogP contribution in [0.4, 0.5) is 0 Å².